The van der Waals surface area contributed by atoms with Gasteiger partial charge in [-0.1, -0.05) is 17.7 Å². The maximum Gasteiger partial charge on any atom is 0.253 e. The number of amides is 2. The third kappa shape index (κ3) is 4.81. The minimum atomic E-state index is -3.78. The average molecular weight is 513 g/mol. The van der Waals surface area contributed by atoms with Crippen molar-refractivity contribution in [2.45, 2.75) is 17.2 Å². The van der Waals surface area contributed by atoms with Crippen molar-refractivity contribution in [1.82, 2.24) is 19.1 Å². The zero-order chi connectivity index (χ0) is 23.0. The number of carbonyl (C=O) groups excluding carboxylic acids is 2. The van der Waals surface area contributed by atoms with Gasteiger partial charge in [0.1, 0.15) is 9.22 Å². The molecule has 1 fully saturated rings. The van der Waals surface area contributed by atoms with Crippen LogP contribution in [0.4, 0.5) is 0 Å². The standard InChI is InChI=1S/C20H21ClN4O4S3/c1-23(2)18(26)9-15-12-30-17(22-15)10-24-5-6-25(11-19(24)27)32(28,29)20-7-13-3-4-14(21)8-16(13)31-20/h3-4,7-8,12H,5-6,9-11H2,1-2H3. The van der Waals surface area contributed by atoms with Crippen LogP contribution >= 0.6 is 34.3 Å². The Morgan fingerprint density at radius 2 is 2.03 bits per heavy atom. The first-order valence-corrected chi connectivity index (χ1v) is 13.3. The number of sulfonamides is 1. The lowest BCUT2D eigenvalue weighted by Gasteiger charge is -2.32. The molecule has 12 heteroatoms. The molecular formula is C20H21ClN4O4S3. The van der Waals surface area contributed by atoms with Crippen molar-refractivity contribution in [3.05, 3.63) is 45.4 Å². The number of hydrogen-bond acceptors (Lipinski definition) is 7. The predicted molar refractivity (Wildman–Crippen MR) is 126 cm³/mol. The minimum absolute atomic E-state index is 0.0414. The van der Waals surface area contributed by atoms with Crippen molar-refractivity contribution in [1.29, 1.82) is 0 Å². The highest BCUT2D eigenvalue weighted by molar-refractivity contribution is 7.91. The number of thiazole rings is 1. The van der Waals surface area contributed by atoms with Gasteiger partial charge in [-0.3, -0.25) is 9.59 Å². The lowest BCUT2D eigenvalue weighted by atomic mass is 10.3. The van der Waals surface area contributed by atoms with E-state index in [-0.39, 0.29) is 42.1 Å². The van der Waals surface area contributed by atoms with Gasteiger partial charge in [0.15, 0.2) is 0 Å². The number of fused-ring (bicyclic) bond motifs is 1. The number of thiophene rings is 1. The molecule has 3 heterocycles. The van der Waals surface area contributed by atoms with Crippen molar-refractivity contribution < 1.29 is 18.0 Å². The molecule has 1 aliphatic rings. The summed E-state index contributed by atoms with van der Waals surface area (Å²) in [5, 5.41) is 3.88. The molecule has 0 aliphatic carbocycles. The highest BCUT2D eigenvalue weighted by Crippen LogP contribution is 2.33. The van der Waals surface area contributed by atoms with E-state index in [1.54, 1.807) is 43.3 Å². The predicted octanol–water partition coefficient (Wildman–Crippen LogP) is 2.68. The number of piperazine rings is 1. The number of rotatable bonds is 6. The number of aromatic nitrogens is 1. The van der Waals surface area contributed by atoms with E-state index in [0.29, 0.717) is 17.3 Å². The number of benzene rings is 1. The van der Waals surface area contributed by atoms with Crippen LogP contribution in [0.15, 0.2) is 33.9 Å². The Hall–Kier alpha value is -2.05. The molecule has 0 unspecified atom stereocenters. The number of hydrogen-bond donors (Lipinski definition) is 0. The van der Waals surface area contributed by atoms with Crippen LogP contribution in [0, 0.1) is 0 Å². The van der Waals surface area contributed by atoms with Gasteiger partial charge >= 0.3 is 0 Å². The second-order valence-corrected chi connectivity index (χ2v) is 12.2. The third-order valence-corrected chi connectivity index (χ3v) is 9.60. The number of likely N-dealkylation sites (N-methyl/N-ethyl adjacent to an activating group) is 1. The molecule has 3 aromatic rings. The molecule has 1 aliphatic heterocycles. The van der Waals surface area contributed by atoms with Crippen LogP contribution in [0.5, 0.6) is 0 Å². The van der Waals surface area contributed by atoms with Gasteiger partial charge in [-0.15, -0.1) is 22.7 Å². The Morgan fingerprint density at radius 1 is 1.25 bits per heavy atom. The lowest BCUT2D eigenvalue weighted by Crippen LogP contribution is -2.51. The topological polar surface area (TPSA) is 90.9 Å². The van der Waals surface area contributed by atoms with Gasteiger partial charge in [-0.2, -0.15) is 4.31 Å². The summed E-state index contributed by atoms with van der Waals surface area (Å²) < 4.78 is 28.4. The summed E-state index contributed by atoms with van der Waals surface area (Å²) in [6.07, 6.45) is 0.212. The number of carbonyl (C=O) groups is 2. The van der Waals surface area contributed by atoms with Crippen LogP contribution in [-0.4, -0.2) is 73.1 Å². The van der Waals surface area contributed by atoms with E-state index in [1.165, 1.54) is 20.5 Å². The van der Waals surface area contributed by atoms with Gasteiger partial charge in [0.2, 0.25) is 11.8 Å². The maximum atomic E-state index is 13.1. The molecule has 0 atom stereocenters. The van der Waals surface area contributed by atoms with Crippen molar-refractivity contribution in [3.63, 3.8) is 0 Å². The molecule has 0 saturated carbocycles. The summed E-state index contributed by atoms with van der Waals surface area (Å²) >= 11 is 8.54. The molecule has 0 N–H and O–H groups in total. The van der Waals surface area contributed by atoms with E-state index >= 15 is 0 Å². The fourth-order valence-corrected chi connectivity index (χ4v) is 7.29. The second-order valence-electron chi connectivity index (χ2n) is 7.60. The van der Waals surface area contributed by atoms with Gasteiger partial charge in [0, 0.05) is 42.3 Å². The number of nitrogens with zero attached hydrogens (tertiary/aromatic N) is 4. The van der Waals surface area contributed by atoms with Crippen molar-refractivity contribution in [2.75, 3.05) is 33.7 Å². The molecule has 170 valence electrons. The molecule has 0 bridgehead atoms. The lowest BCUT2D eigenvalue weighted by molar-refractivity contribution is -0.134. The molecule has 4 rings (SSSR count). The highest BCUT2D eigenvalue weighted by Gasteiger charge is 2.34. The first-order valence-electron chi connectivity index (χ1n) is 9.74. The monoisotopic (exact) mass is 512 g/mol. The van der Waals surface area contributed by atoms with Crippen molar-refractivity contribution >= 4 is 66.2 Å². The van der Waals surface area contributed by atoms with Crippen LogP contribution < -0.4 is 0 Å². The van der Waals surface area contributed by atoms with Gasteiger partial charge in [0.25, 0.3) is 10.0 Å². The Labute approximate surface area is 199 Å². The normalized spacial score (nSPS) is 15.5. The van der Waals surface area contributed by atoms with Crippen molar-refractivity contribution in [2.24, 2.45) is 0 Å². The van der Waals surface area contributed by atoms with Crippen LogP contribution in [0.3, 0.4) is 0 Å². The summed E-state index contributed by atoms with van der Waals surface area (Å²) in [5.41, 5.74) is 0.669. The molecule has 2 amide bonds. The Bertz CT molecular complexity index is 1280. The Balaban J connectivity index is 1.42. The van der Waals surface area contributed by atoms with Gasteiger partial charge in [0.05, 0.1) is 25.2 Å². The van der Waals surface area contributed by atoms with Gasteiger partial charge in [-0.25, -0.2) is 13.4 Å². The van der Waals surface area contributed by atoms with E-state index in [2.05, 4.69) is 4.98 Å². The Kier molecular flexibility index (Phi) is 6.55. The van der Waals surface area contributed by atoms with Crippen LogP contribution in [0.2, 0.25) is 5.02 Å². The summed E-state index contributed by atoms with van der Waals surface area (Å²) in [6.45, 7) is 0.574. The first-order chi connectivity index (χ1) is 15.1. The maximum absolute atomic E-state index is 13.1. The zero-order valence-electron chi connectivity index (χ0n) is 17.4. The SMILES string of the molecule is CN(C)C(=O)Cc1csc(CN2CCN(S(=O)(=O)c3cc4ccc(Cl)cc4s3)CC2=O)n1. The van der Waals surface area contributed by atoms with Gasteiger partial charge in [-0.05, 0) is 23.6 Å². The van der Waals surface area contributed by atoms with Crippen LogP contribution in [0.25, 0.3) is 10.1 Å². The summed E-state index contributed by atoms with van der Waals surface area (Å²) in [6, 6.07) is 6.85. The first kappa shape index (κ1) is 23.1. The summed E-state index contributed by atoms with van der Waals surface area (Å²) in [5.74, 6) is -0.314. The van der Waals surface area contributed by atoms with Crippen LogP contribution in [-0.2, 0) is 32.6 Å². The summed E-state index contributed by atoms with van der Waals surface area (Å²) in [4.78, 5) is 32.1. The van der Waals surface area contributed by atoms with E-state index in [4.69, 9.17) is 11.6 Å². The Morgan fingerprint density at radius 3 is 2.75 bits per heavy atom. The average Bonchev–Trinajstić information content (AvgIpc) is 3.36. The molecule has 1 aromatic carbocycles. The van der Waals surface area contributed by atoms with Crippen LogP contribution in [0.1, 0.15) is 10.7 Å². The summed E-state index contributed by atoms with van der Waals surface area (Å²) in [7, 11) is -0.397. The largest absolute Gasteiger partial charge is 0.348 e. The molecule has 2 aromatic heterocycles. The smallest absolute Gasteiger partial charge is 0.253 e. The van der Waals surface area contributed by atoms with E-state index in [0.717, 1.165) is 26.4 Å². The van der Waals surface area contributed by atoms with Crippen molar-refractivity contribution in [3.8, 4) is 0 Å². The second kappa shape index (κ2) is 9.06. The van der Waals surface area contributed by atoms with E-state index in [9.17, 15) is 18.0 Å². The zero-order valence-corrected chi connectivity index (χ0v) is 20.7. The third-order valence-electron chi connectivity index (χ3n) is 5.09. The fourth-order valence-electron chi connectivity index (χ4n) is 3.27. The van der Waals surface area contributed by atoms with Gasteiger partial charge < -0.3 is 9.80 Å². The van der Waals surface area contributed by atoms with E-state index in [1.807, 2.05) is 5.38 Å². The molecule has 0 spiro atoms. The minimum Gasteiger partial charge on any atom is -0.348 e. The fraction of sp³-hybridized carbons (Fsp3) is 0.350. The molecule has 0 radical (unpaired) electrons. The quantitative estimate of drug-likeness (QED) is 0.506. The molecule has 1 saturated heterocycles. The molecular weight excluding hydrogens is 492 g/mol. The highest BCUT2D eigenvalue weighted by atomic mass is 35.5. The number of halogens is 1. The molecule has 32 heavy (non-hydrogen) atoms. The van der Waals surface area contributed by atoms with E-state index < -0.39 is 10.0 Å². The molecule has 8 nitrogen and oxygen atoms in total.